The third-order valence-electron chi connectivity index (χ3n) is 0.809. The first kappa shape index (κ1) is 8.69. The predicted molar refractivity (Wildman–Crippen MR) is 40.7 cm³/mol. The van der Waals surface area contributed by atoms with Crippen molar-refractivity contribution in [3.05, 3.63) is 0 Å². The Labute approximate surface area is 58.3 Å². The molecule has 0 atom stereocenters. The summed E-state index contributed by atoms with van der Waals surface area (Å²) < 4.78 is 10.5. The third-order valence-corrected chi connectivity index (χ3v) is 2.43. The second kappa shape index (κ2) is 5.82. The summed E-state index contributed by atoms with van der Waals surface area (Å²) in [7, 11) is -1.01. The Morgan fingerprint density at radius 2 is 1.67 bits per heavy atom. The fraction of sp³-hybridized carbons (Fsp3) is 0.833. The average Bonchev–Trinajstić information content (AvgIpc) is 1.88. The zero-order valence-corrected chi connectivity index (χ0v) is 7.31. The molecule has 0 aromatic carbocycles. The molecule has 0 saturated carbocycles. The molecule has 0 spiro atoms. The van der Waals surface area contributed by atoms with Gasteiger partial charge in [0.1, 0.15) is 0 Å². The summed E-state index contributed by atoms with van der Waals surface area (Å²) in [5.41, 5.74) is 2.00. The quantitative estimate of drug-likeness (QED) is 0.550. The van der Waals surface area contributed by atoms with Gasteiger partial charge in [0.15, 0.2) is 0 Å². The average molecular weight is 146 g/mol. The lowest BCUT2D eigenvalue weighted by atomic mass is 10.9. The van der Waals surface area contributed by atoms with Crippen molar-refractivity contribution < 1.29 is 8.85 Å². The van der Waals surface area contributed by atoms with Crippen molar-refractivity contribution in [3.63, 3.8) is 0 Å². The molecule has 0 saturated heterocycles. The molecule has 9 heavy (non-hydrogen) atoms. The molecule has 54 valence electrons. The van der Waals surface area contributed by atoms with E-state index in [0.717, 1.165) is 13.2 Å². The molecule has 0 aliphatic rings. The molecule has 0 radical (unpaired) electrons. The fourth-order valence-corrected chi connectivity index (χ4v) is 1.48. The molecule has 0 aliphatic heterocycles. The van der Waals surface area contributed by atoms with E-state index in [-0.39, 0.29) is 0 Å². The van der Waals surface area contributed by atoms with Crippen LogP contribution < -0.4 is 0 Å². The first-order valence-corrected chi connectivity index (χ1v) is 4.66. The molecule has 3 heteroatoms. The van der Waals surface area contributed by atoms with Gasteiger partial charge in [0.05, 0.1) is 13.2 Å². The molecule has 0 amide bonds. The molecule has 0 rings (SSSR count). The topological polar surface area (TPSA) is 18.5 Å². The van der Waals surface area contributed by atoms with Crippen LogP contribution in [0.15, 0.2) is 0 Å². The molecule has 0 unspecified atom stereocenters. The molecule has 0 aliphatic carbocycles. The Hall–Kier alpha value is -0.313. The van der Waals surface area contributed by atoms with E-state index < -0.39 is 8.90 Å². The van der Waals surface area contributed by atoms with Gasteiger partial charge < -0.3 is 8.85 Å². The van der Waals surface area contributed by atoms with E-state index in [0.29, 0.717) is 0 Å². The second-order valence-corrected chi connectivity index (χ2v) is 3.27. The van der Waals surface area contributed by atoms with Crippen molar-refractivity contribution in [2.24, 2.45) is 0 Å². The Bertz CT molecular complexity index is 83.1. The van der Waals surface area contributed by atoms with E-state index in [2.05, 4.69) is 0 Å². The van der Waals surface area contributed by atoms with Gasteiger partial charge >= 0.3 is 8.90 Å². The first-order valence-electron chi connectivity index (χ1n) is 3.27. The van der Waals surface area contributed by atoms with Crippen molar-refractivity contribution in [2.75, 3.05) is 13.2 Å². The van der Waals surface area contributed by atoms with E-state index in [1.807, 2.05) is 26.4 Å². The van der Waals surface area contributed by atoms with Gasteiger partial charge in [-0.3, -0.25) is 0 Å². The molecule has 0 aromatic heterocycles. The number of hydrogen-bond acceptors (Lipinski definition) is 2. The second-order valence-electron chi connectivity index (χ2n) is 1.47. The zero-order valence-electron chi connectivity index (χ0n) is 6.31. The van der Waals surface area contributed by atoms with Crippen LogP contribution in [-0.4, -0.2) is 27.8 Å². The minimum atomic E-state index is -1.01. The summed E-state index contributed by atoms with van der Waals surface area (Å²) in [5.74, 6) is 0. The van der Waals surface area contributed by atoms with Gasteiger partial charge in [0.2, 0.25) is 0 Å². The lowest BCUT2D eigenvalue weighted by molar-refractivity contribution is 0.235. The van der Waals surface area contributed by atoms with Crippen LogP contribution >= 0.6 is 0 Å². The van der Waals surface area contributed by atoms with Gasteiger partial charge in [0.25, 0.3) is 0 Å². The molecule has 0 bridgehead atoms. The van der Waals surface area contributed by atoms with E-state index in [4.69, 9.17) is 8.85 Å². The fourth-order valence-electron chi connectivity index (χ4n) is 0.493. The van der Waals surface area contributed by atoms with Crippen molar-refractivity contribution in [3.8, 4) is 0 Å². The Kier molecular flexibility index (Phi) is 5.61. The van der Waals surface area contributed by atoms with Crippen molar-refractivity contribution >= 4 is 14.6 Å². The summed E-state index contributed by atoms with van der Waals surface area (Å²) >= 11 is 0. The maximum Gasteiger partial charge on any atom is 0.475 e. The predicted octanol–water partition coefficient (Wildman–Crippen LogP) is 0.951. The summed E-state index contributed by atoms with van der Waals surface area (Å²) in [6.45, 7) is 7.43. The summed E-state index contributed by atoms with van der Waals surface area (Å²) in [5, 5.41) is 0. The van der Waals surface area contributed by atoms with Gasteiger partial charge in [0, 0.05) is 0 Å². The highest BCUT2D eigenvalue weighted by atomic mass is 28.3. The molecule has 0 fully saturated rings. The number of hydrogen-bond donors (Lipinski definition) is 0. The highest BCUT2D eigenvalue weighted by Gasteiger charge is 1.96. The van der Waals surface area contributed by atoms with Gasteiger partial charge in [-0.2, -0.15) is 0 Å². The van der Waals surface area contributed by atoms with Crippen LogP contribution in [0, 0.1) is 0 Å². The lowest BCUT2D eigenvalue weighted by Gasteiger charge is -2.05. The van der Waals surface area contributed by atoms with Crippen LogP contribution in [0.1, 0.15) is 20.8 Å². The van der Waals surface area contributed by atoms with E-state index in [1.165, 1.54) is 0 Å². The smallest absolute Gasteiger partial charge is 0.475 e. The monoisotopic (exact) mass is 146 g/mol. The third kappa shape index (κ3) is 4.21. The van der Waals surface area contributed by atoms with E-state index in [9.17, 15) is 0 Å². The van der Waals surface area contributed by atoms with E-state index >= 15 is 0 Å². The highest BCUT2D eigenvalue weighted by molar-refractivity contribution is 6.53. The Balaban J connectivity index is 3.43. The number of rotatable bonds is 4. The summed E-state index contributed by atoms with van der Waals surface area (Å²) in [6, 6.07) is 0. The van der Waals surface area contributed by atoms with Gasteiger partial charge in [-0.1, -0.05) is 0 Å². The minimum Gasteiger partial charge on any atom is -0.524 e. The Morgan fingerprint density at radius 1 is 1.22 bits per heavy atom. The standard InChI is InChI=1S/C6H14O2Si/c1-4-7-9(6-3)8-5-2/h6H,4-5H2,1-3H3. The van der Waals surface area contributed by atoms with Gasteiger partial charge in [-0.15, -0.1) is 0 Å². The van der Waals surface area contributed by atoms with Crippen LogP contribution in [0.5, 0.6) is 0 Å². The van der Waals surface area contributed by atoms with Crippen LogP contribution in [0.2, 0.25) is 0 Å². The summed E-state index contributed by atoms with van der Waals surface area (Å²) in [4.78, 5) is 0. The zero-order chi connectivity index (χ0) is 7.11. The van der Waals surface area contributed by atoms with Crippen molar-refractivity contribution in [1.82, 2.24) is 0 Å². The summed E-state index contributed by atoms with van der Waals surface area (Å²) in [6.07, 6.45) is 0. The lowest BCUT2D eigenvalue weighted by Crippen LogP contribution is -2.14. The van der Waals surface area contributed by atoms with E-state index in [1.54, 1.807) is 0 Å². The SMILES string of the molecule is CC=[Si](OCC)OCC. The molecule has 0 N–H and O–H groups in total. The largest absolute Gasteiger partial charge is 0.524 e. The van der Waals surface area contributed by atoms with Crippen LogP contribution in [0.4, 0.5) is 0 Å². The Morgan fingerprint density at radius 3 is 1.89 bits per heavy atom. The maximum atomic E-state index is 5.26. The molecular weight excluding hydrogens is 132 g/mol. The normalized spacial score (nSPS) is 8.33. The maximum absolute atomic E-state index is 5.26. The first-order chi connectivity index (χ1) is 4.35. The molecule has 0 aromatic rings. The van der Waals surface area contributed by atoms with Crippen LogP contribution in [-0.2, 0) is 8.85 Å². The van der Waals surface area contributed by atoms with Crippen LogP contribution in [0.25, 0.3) is 0 Å². The van der Waals surface area contributed by atoms with Crippen LogP contribution in [0.3, 0.4) is 0 Å². The van der Waals surface area contributed by atoms with Gasteiger partial charge in [-0.25, -0.2) is 0 Å². The van der Waals surface area contributed by atoms with Crippen molar-refractivity contribution in [2.45, 2.75) is 20.8 Å². The van der Waals surface area contributed by atoms with Crippen molar-refractivity contribution in [1.29, 1.82) is 0 Å². The molecular formula is C6H14O2Si. The highest BCUT2D eigenvalue weighted by Crippen LogP contribution is 1.78. The molecule has 0 heterocycles. The van der Waals surface area contributed by atoms with Gasteiger partial charge in [-0.05, 0) is 26.4 Å². The minimum absolute atomic E-state index is 0.749. The molecule has 2 nitrogen and oxygen atoms in total.